The Morgan fingerprint density at radius 3 is 2.87 bits per heavy atom. The average Bonchev–Trinajstić information content (AvgIpc) is 2.18. The van der Waals surface area contributed by atoms with Crippen LogP contribution in [0.25, 0.3) is 0 Å². The number of piperidine rings is 1. The fraction of sp³-hybridized carbons (Fsp3) is 0.909. The number of rotatable bonds is 4. The predicted molar refractivity (Wildman–Crippen MR) is 59.6 cm³/mol. The zero-order valence-electron chi connectivity index (χ0n) is 9.78. The van der Waals surface area contributed by atoms with Crippen LogP contribution < -0.4 is 0 Å². The summed E-state index contributed by atoms with van der Waals surface area (Å²) in [5, 5.41) is 8.82. The maximum Gasteiger partial charge on any atom is 0.219 e. The summed E-state index contributed by atoms with van der Waals surface area (Å²) in [5.41, 5.74) is 0. The van der Waals surface area contributed by atoms with E-state index in [1.807, 2.05) is 11.9 Å². The summed E-state index contributed by atoms with van der Waals surface area (Å²) in [7, 11) is 1.99. The summed E-state index contributed by atoms with van der Waals surface area (Å²) in [6.07, 6.45) is 3.43. The number of carbonyl (C=O) groups excluding carboxylic acids is 1. The maximum atomic E-state index is 11.4. The number of hydrogen-bond donors (Lipinski definition) is 1. The summed E-state index contributed by atoms with van der Waals surface area (Å²) in [6.45, 7) is 4.28. The highest BCUT2D eigenvalue weighted by molar-refractivity contribution is 5.73. The molecule has 15 heavy (non-hydrogen) atoms. The van der Waals surface area contributed by atoms with E-state index in [1.54, 1.807) is 6.92 Å². The van der Waals surface area contributed by atoms with Gasteiger partial charge in [-0.05, 0) is 26.3 Å². The first kappa shape index (κ1) is 12.5. The van der Waals surface area contributed by atoms with Gasteiger partial charge in [-0.15, -0.1) is 0 Å². The lowest BCUT2D eigenvalue weighted by Gasteiger charge is -2.37. The van der Waals surface area contributed by atoms with Crippen molar-refractivity contribution in [2.45, 2.75) is 32.2 Å². The lowest BCUT2D eigenvalue weighted by molar-refractivity contribution is -0.132. The third-order valence-electron chi connectivity index (χ3n) is 3.04. The Kier molecular flexibility index (Phi) is 5.05. The molecule has 0 aromatic heterocycles. The zero-order valence-corrected chi connectivity index (χ0v) is 9.78. The third-order valence-corrected chi connectivity index (χ3v) is 3.04. The van der Waals surface area contributed by atoms with E-state index in [0.717, 1.165) is 25.9 Å². The zero-order chi connectivity index (χ0) is 11.3. The number of aliphatic hydroxyl groups is 1. The number of hydrogen-bond acceptors (Lipinski definition) is 3. The van der Waals surface area contributed by atoms with Crippen LogP contribution in [0, 0.1) is 0 Å². The lowest BCUT2D eigenvalue weighted by Crippen LogP contribution is -2.48. The SMILES string of the molecule is CC(=O)N1CCCC[C@@H]1CN(C)CCO. The second-order valence-corrected chi connectivity index (χ2v) is 4.35. The molecule has 0 radical (unpaired) electrons. The van der Waals surface area contributed by atoms with Crippen molar-refractivity contribution in [3.05, 3.63) is 0 Å². The van der Waals surface area contributed by atoms with Gasteiger partial charge in [0.05, 0.1) is 6.61 Å². The normalized spacial score (nSPS) is 22.1. The highest BCUT2D eigenvalue weighted by atomic mass is 16.3. The van der Waals surface area contributed by atoms with E-state index in [-0.39, 0.29) is 12.5 Å². The number of carbonyl (C=O) groups is 1. The monoisotopic (exact) mass is 214 g/mol. The first-order valence-electron chi connectivity index (χ1n) is 5.71. The Hall–Kier alpha value is -0.610. The minimum atomic E-state index is 0.178. The van der Waals surface area contributed by atoms with Crippen molar-refractivity contribution in [1.82, 2.24) is 9.80 Å². The summed E-state index contributed by atoms with van der Waals surface area (Å²) < 4.78 is 0. The number of nitrogens with zero attached hydrogens (tertiary/aromatic N) is 2. The van der Waals surface area contributed by atoms with Crippen LogP contribution in [-0.4, -0.2) is 60.1 Å². The van der Waals surface area contributed by atoms with E-state index in [0.29, 0.717) is 12.6 Å². The molecule has 1 rings (SSSR count). The Balaban J connectivity index is 2.45. The van der Waals surface area contributed by atoms with Crippen molar-refractivity contribution in [3.63, 3.8) is 0 Å². The van der Waals surface area contributed by atoms with Crippen LogP contribution in [0.5, 0.6) is 0 Å². The van der Waals surface area contributed by atoms with Gasteiger partial charge in [0.2, 0.25) is 5.91 Å². The molecule has 88 valence electrons. The van der Waals surface area contributed by atoms with Gasteiger partial charge in [0.1, 0.15) is 0 Å². The van der Waals surface area contributed by atoms with Gasteiger partial charge < -0.3 is 14.9 Å². The molecule has 0 aliphatic carbocycles. The van der Waals surface area contributed by atoms with E-state index in [1.165, 1.54) is 6.42 Å². The van der Waals surface area contributed by atoms with E-state index in [2.05, 4.69) is 4.90 Å². The smallest absolute Gasteiger partial charge is 0.219 e. The molecule has 1 fully saturated rings. The molecule has 0 unspecified atom stereocenters. The Bertz CT molecular complexity index is 209. The molecular formula is C11H22N2O2. The van der Waals surface area contributed by atoms with Gasteiger partial charge in [-0.1, -0.05) is 0 Å². The minimum absolute atomic E-state index is 0.178. The molecule has 1 aliphatic rings. The van der Waals surface area contributed by atoms with Gasteiger partial charge in [0, 0.05) is 32.6 Å². The molecule has 0 saturated carbocycles. The van der Waals surface area contributed by atoms with Crippen LogP contribution in [0.1, 0.15) is 26.2 Å². The lowest BCUT2D eigenvalue weighted by atomic mass is 10.0. The van der Waals surface area contributed by atoms with Gasteiger partial charge in [0.15, 0.2) is 0 Å². The second-order valence-electron chi connectivity index (χ2n) is 4.35. The van der Waals surface area contributed by atoms with Crippen LogP contribution in [-0.2, 0) is 4.79 Å². The third kappa shape index (κ3) is 3.80. The van der Waals surface area contributed by atoms with Gasteiger partial charge in [-0.3, -0.25) is 4.79 Å². The van der Waals surface area contributed by atoms with Crippen molar-refractivity contribution in [2.24, 2.45) is 0 Å². The fourth-order valence-electron chi connectivity index (χ4n) is 2.23. The summed E-state index contributed by atoms with van der Waals surface area (Å²) in [5.74, 6) is 0.178. The van der Waals surface area contributed by atoms with Crippen LogP contribution in [0.2, 0.25) is 0 Å². The quantitative estimate of drug-likeness (QED) is 0.732. The molecule has 1 heterocycles. The van der Waals surface area contributed by atoms with Crippen molar-refractivity contribution in [2.75, 3.05) is 33.3 Å². The van der Waals surface area contributed by atoms with Gasteiger partial charge >= 0.3 is 0 Å². The molecule has 0 bridgehead atoms. The summed E-state index contributed by atoms with van der Waals surface area (Å²) >= 11 is 0. The topological polar surface area (TPSA) is 43.8 Å². The molecule has 0 spiro atoms. The number of likely N-dealkylation sites (N-methyl/N-ethyl adjacent to an activating group) is 1. The van der Waals surface area contributed by atoms with Crippen molar-refractivity contribution < 1.29 is 9.90 Å². The first-order valence-corrected chi connectivity index (χ1v) is 5.71. The molecule has 4 nitrogen and oxygen atoms in total. The van der Waals surface area contributed by atoms with Crippen molar-refractivity contribution in [3.8, 4) is 0 Å². The first-order chi connectivity index (χ1) is 7.15. The van der Waals surface area contributed by atoms with E-state index < -0.39 is 0 Å². The molecule has 1 saturated heterocycles. The van der Waals surface area contributed by atoms with Crippen molar-refractivity contribution >= 4 is 5.91 Å². The second kappa shape index (κ2) is 6.08. The van der Waals surface area contributed by atoms with E-state index in [9.17, 15) is 4.79 Å². The molecule has 0 aromatic rings. The molecule has 1 amide bonds. The van der Waals surface area contributed by atoms with Crippen LogP contribution in [0.4, 0.5) is 0 Å². The Morgan fingerprint density at radius 1 is 1.53 bits per heavy atom. The molecule has 1 atom stereocenters. The maximum absolute atomic E-state index is 11.4. The van der Waals surface area contributed by atoms with Crippen LogP contribution in [0.3, 0.4) is 0 Å². The minimum Gasteiger partial charge on any atom is -0.395 e. The predicted octanol–water partition coefficient (Wildman–Crippen LogP) is 0.311. The standard InChI is InChI=1S/C11H22N2O2/c1-10(15)13-6-4-3-5-11(13)9-12(2)7-8-14/h11,14H,3-9H2,1-2H3/t11-/m1/s1. The van der Waals surface area contributed by atoms with Crippen molar-refractivity contribution in [1.29, 1.82) is 0 Å². The highest BCUT2D eigenvalue weighted by Crippen LogP contribution is 2.17. The number of likely N-dealkylation sites (tertiary alicyclic amines) is 1. The molecule has 1 N–H and O–H groups in total. The summed E-state index contributed by atoms with van der Waals surface area (Å²) in [4.78, 5) is 15.5. The van der Waals surface area contributed by atoms with E-state index in [4.69, 9.17) is 5.11 Å². The highest BCUT2D eigenvalue weighted by Gasteiger charge is 2.24. The number of aliphatic hydroxyl groups excluding tert-OH is 1. The van der Waals surface area contributed by atoms with E-state index >= 15 is 0 Å². The fourth-order valence-corrected chi connectivity index (χ4v) is 2.23. The van der Waals surface area contributed by atoms with Gasteiger partial charge in [-0.25, -0.2) is 0 Å². The Labute approximate surface area is 91.9 Å². The molecule has 0 aromatic carbocycles. The van der Waals surface area contributed by atoms with Gasteiger partial charge in [-0.2, -0.15) is 0 Å². The average molecular weight is 214 g/mol. The van der Waals surface area contributed by atoms with Crippen LogP contribution in [0.15, 0.2) is 0 Å². The van der Waals surface area contributed by atoms with Crippen LogP contribution >= 0.6 is 0 Å². The van der Waals surface area contributed by atoms with Gasteiger partial charge in [0.25, 0.3) is 0 Å². The Morgan fingerprint density at radius 2 is 2.27 bits per heavy atom. The largest absolute Gasteiger partial charge is 0.395 e. The molecule has 4 heteroatoms. The summed E-state index contributed by atoms with van der Waals surface area (Å²) in [6, 6.07) is 0.341. The number of amides is 1. The molecule has 1 aliphatic heterocycles. The molecular weight excluding hydrogens is 192 g/mol.